The summed E-state index contributed by atoms with van der Waals surface area (Å²) in [6.07, 6.45) is 1.23. The van der Waals surface area contributed by atoms with Crippen molar-refractivity contribution in [2.45, 2.75) is 46.6 Å². The fourth-order valence-electron chi connectivity index (χ4n) is 1.66. The quantitative estimate of drug-likeness (QED) is 0.670. The van der Waals surface area contributed by atoms with E-state index in [9.17, 15) is 4.79 Å². The Morgan fingerprint density at radius 3 is 2.29 bits per heavy atom. The third-order valence-electron chi connectivity index (χ3n) is 2.19. The summed E-state index contributed by atoms with van der Waals surface area (Å²) in [5.41, 5.74) is 0. The smallest absolute Gasteiger partial charge is 0.308 e. The molecule has 14 heavy (non-hydrogen) atoms. The molecule has 0 radical (unpaired) electrons. The van der Waals surface area contributed by atoms with Crippen molar-refractivity contribution in [2.24, 2.45) is 11.8 Å². The normalized spacial score (nSPS) is 17.2. The molecule has 0 saturated heterocycles. The Labute approximate surface area is 86.5 Å². The number of ether oxygens (including phenoxy) is 1. The van der Waals surface area contributed by atoms with Gasteiger partial charge in [0.1, 0.15) is 0 Å². The highest BCUT2D eigenvalue weighted by Crippen LogP contribution is 2.17. The lowest BCUT2D eigenvalue weighted by molar-refractivity contribution is -0.148. The zero-order valence-corrected chi connectivity index (χ0v) is 9.62. The molecule has 0 aromatic heterocycles. The summed E-state index contributed by atoms with van der Waals surface area (Å²) in [5.74, 6) is 0.156. The first kappa shape index (κ1) is 13.4. The Hall–Kier alpha value is -0.570. The number of hydrogen-bond donors (Lipinski definition) is 1. The standard InChI is InChI=1S/C11H22O3/c1-5-14-11(13)9(3)6-8(2)7-10(4)12/h8-10,12H,5-7H2,1-4H3/t8-,9+,10-/m1/s1. The average Bonchev–Trinajstić information content (AvgIpc) is 2.02. The van der Waals surface area contributed by atoms with Crippen LogP contribution >= 0.6 is 0 Å². The van der Waals surface area contributed by atoms with Gasteiger partial charge in [0.25, 0.3) is 0 Å². The van der Waals surface area contributed by atoms with Crippen LogP contribution in [0.15, 0.2) is 0 Å². The van der Waals surface area contributed by atoms with Crippen LogP contribution in [0.5, 0.6) is 0 Å². The van der Waals surface area contributed by atoms with Gasteiger partial charge in [-0.25, -0.2) is 0 Å². The van der Waals surface area contributed by atoms with Gasteiger partial charge in [0.05, 0.1) is 18.6 Å². The lowest BCUT2D eigenvalue weighted by atomic mass is 9.93. The van der Waals surface area contributed by atoms with Crippen LogP contribution in [0.25, 0.3) is 0 Å². The monoisotopic (exact) mass is 202 g/mol. The summed E-state index contributed by atoms with van der Waals surface area (Å²) in [5, 5.41) is 9.16. The second-order valence-corrected chi connectivity index (χ2v) is 4.08. The maximum Gasteiger partial charge on any atom is 0.308 e. The number of rotatable bonds is 6. The number of carbonyl (C=O) groups is 1. The van der Waals surface area contributed by atoms with Gasteiger partial charge >= 0.3 is 5.97 Å². The first-order chi connectivity index (χ1) is 6.47. The van der Waals surface area contributed by atoms with Crippen LogP contribution in [0, 0.1) is 11.8 Å². The first-order valence-electron chi connectivity index (χ1n) is 5.32. The van der Waals surface area contributed by atoms with Crippen molar-refractivity contribution >= 4 is 5.97 Å². The molecule has 84 valence electrons. The molecule has 0 saturated carbocycles. The lowest BCUT2D eigenvalue weighted by Gasteiger charge is -2.17. The molecule has 0 aromatic carbocycles. The molecule has 3 atom stereocenters. The zero-order chi connectivity index (χ0) is 11.1. The molecule has 0 unspecified atom stereocenters. The summed E-state index contributed by atoms with van der Waals surface area (Å²) >= 11 is 0. The molecule has 0 fully saturated rings. The van der Waals surface area contributed by atoms with Gasteiger partial charge in [-0.3, -0.25) is 4.79 Å². The highest BCUT2D eigenvalue weighted by Gasteiger charge is 2.18. The van der Waals surface area contributed by atoms with Crippen LogP contribution in [0.2, 0.25) is 0 Å². The minimum atomic E-state index is -0.292. The third kappa shape index (κ3) is 5.97. The molecule has 0 spiro atoms. The van der Waals surface area contributed by atoms with E-state index in [0.717, 1.165) is 12.8 Å². The van der Waals surface area contributed by atoms with Crippen LogP contribution in [-0.4, -0.2) is 23.8 Å². The fourth-order valence-corrected chi connectivity index (χ4v) is 1.66. The summed E-state index contributed by atoms with van der Waals surface area (Å²) in [6, 6.07) is 0. The lowest BCUT2D eigenvalue weighted by Crippen LogP contribution is -2.19. The van der Waals surface area contributed by atoms with Crippen molar-refractivity contribution in [2.75, 3.05) is 6.61 Å². The van der Waals surface area contributed by atoms with E-state index in [0.29, 0.717) is 12.5 Å². The molecule has 0 aliphatic rings. The largest absolute Gasteiger partial charge is 0.466 e. The molecule has 0 rings (SSSR count). The number of aliphatic hydroxyl groups excluding tert-OH is 1. The van der Waals surface area contributed by atoms with Crippen LogP contribution in [0.3, 0.4) is 0 Å². The van der Waals surface area contributed by atoms with Crippen LogP contribution in [-0.2, 0) is 9.53 Å². The average molecular weight is 202 g/mol. The van der Waals surface area contributed by atoms with Crippen LogP contribution in [0.1, 0.15) is 40.5 Å². The van der Waals surface area contributed by atoms with Crippen molar-refractivity contribution in [1.82, 2.24) is 0 Å². The van der Waals surface area contributed by atoms with Gasteiger partial charge in [-0.05, 0) is 32.6 Å². The molecule has 0 aromatic rings. The van der Waals surface area contributed by atoms with Gasteiger partial charge < -0.3 is 9.84 Å². The molecule has 0 amide bonds. The highest BCUT2D eigenvalue weighted by molar-refractivity contribution is 5.71. The van der Waals surface area contributed by atoms with E-state index in [-0.39, 0.29) is 18.0 Å². The Balaban J connectivity index is 3.80. The number of carbonyl (C=O) groups excluding carboxylic acids is 1. The van der Waals surface area contributed by atoms with Crippen molar-refractivity contribution in [3.8, 4) is 0 Å². The molecule has 0 bridgehead atoms. The van der Waals surface area contributed by atoms with E-state index < -0.39 is 0 Å². The van der Waals surface area contributed by atoms with E-state index in [2.05, 4.69) is 0 Å². The van der Waals surface area contributed by atoms with Crippen molar-refractivity contribution < 1.29 is 14.6 Å². The molecule has 3 nitrogen and oxygen atoms in total. The second kappa shape index (κ2) is 6.82. The molecule has 1 N–H and O–H groups in total. The van der Waals surface area contributed by atoms with Crippen molar-refractivity contribution in [3.63, 3.8) is 0 Å². The summed E-state index contributed by atoms with van der Waals surface area (Å²) in [6.45, 7) is 7.93. The molecule has 0 aliphatic carbocycles. The number of hydrogen-bond acceptors (Lipinski definition) is 3. The number of esters is 1. The molecule has 3 heteroatoms. The third-order valence-corrected chi connectivity index (χ3v) is 2.19. The van der Waals surface area contributed by atoms with Crippen LogP contribution in [0.4, 0.5) is 0 Å². The van der Waals surface area contributed by atoms with Gasteiger partial charge in [-0.1, -0.05) is 13.8 Å². The maximum atomic E-state index is 11.3. The Kier molecular flexibility index (Phi) is 6.54. The molecule has 0 aliphatic heterocycles. The molecule has 0 heterocycles. The minimum Gasteiger partial charge on any atom is -0.466 e. The van der Waals surface area contributed by atoms with Gasteiger partial charge in [-0.2, -0.15) is 0 Å². The van der Waals surface area contributed by atoms with E-state index in [1.54, 1.807) is 6.92 Å². The minimum absolute atomic E-state index is 0.0660. The van der Waals surface area contributed by atoms with E-state index in [4.69, 9.17) is 9.84 Å². The second-order valence-electron chi connectivity index (χ2n) is 4.08. The summed E-state index contributed by atoms with van der Waals surface area (Å²) in [4.78, 5) is 11.3. The van der Waals surface area contributed by atoms with Crippen molar-refractivity contribution in [3.05, 3.63) is 0 Å². The molecular formula is C11H22O3. The Morgan fingerprint density at radius 2 is 1.86 bits per heavy atom. The molecular weight excluding hydrogens is 180 g/mol. The maximum absolute atomic E-state index is 11.3. The Morgan fingerprint density at radius 1 is 1.29 bits per heavy atom. The predicted octanol–water partition coefficient (Wildman–Crippen LogP) is 1.98. The SMILES string of the molecule is CCOC(=O)[C@@H](C)C[C@@H](C)C[C@@H](C)O. The topological polar surface area (TPSA) is 46.5 Å². The number of aliphatic hydroxyl groups is 1. The van der Waals surface area contributed by atoms with Gasteiger partial charge in [0, 0.05) is 0 Å². The first-order valence-corrected chi connectivity index (χ1v) is 5.32. The Bertz CT molecular complexity index is 166. The van der Waals surface area contributed by atoms with Crippen molar-refractivity contribution in [1.29, 1.82) is 0 Å². The van der Waals surface area contributed by atoms with Gasteiger partial charge in [0.2, 0.25) is 0 Å². The predicted molar refractivity (Wildman–Crippen MR) is 55.9 cm³/mol. The summed E-state index contributed by atoms with van der Waals surface area (Å²) in [7, 11) is 0. The zero-order valence-electron chi connectivity index (χ0n) is 9.62. The van der Waals surface area contributed by atoms with Crippen LogP contribution < -0.4 is 0 Å². The van der Waals surface area contributed by atoms with Gasteiger partial charge in [-0.15, -0.1) is 0 Å². The van der Waals surface area contributed by atoms with E-state index in [1.165, 1.54) is 0 Å². The summed E-state index contributed by atoms with van der Waals surface area (Å²) < 4.78 is 4.91. The highest BCUT2D eigenvalue weighted by atomic mass is 16.5. The van der Waals surface area contributed by atoms with Gasteiger partial charge in [0.15, 0.2) is 0 Å². The fraction of sp³-hybridized carbons (Fsp3) is 0.909. The van der Waals surface area contributed by atoms with E-state index >= 15 is 0 Å². The van der Waals surface area contributed by atoms with E-state index in [1.807, 2.05) is 20.8 Å².